The Bertz CT molecular complexity index is 1320. The van der Waals surface area contributed by atoms with E-state index in [0.29, 0.717) is 47.6 Å². The molecule has 7 heteroatoms. The fourth-order valence-corrected chi connectivity index (χ4v) is 3.77. The van der Waals surface area contributed by atoms with Crippen LogP contribution in [-0.2, 0) is 6.42 Å². The summed E-state index contributed by atoms with van der Waals surface area (Å²) in [6.07, 6.45) is 2.41. The molecule has 0 spiro atoms. The third-order valence-electron chi connectivity index (χ3n) is 5.06. The zero-order valence-electron chi connectivity index (χ0n) is 17.6. The first-order valence-corrected chi connectivity index (χ1v) is 10.3. The van der Waals surface area contributed by atoms with Crippen molar-refractivity contribution in [3.63, 3.8) is 0 Å². The van der Waals surface area contributed by atoms with Crippen LogP contribution in [0.5, 0.6) is 17.2 Å². The lowest BCUT2D eigenvalue weighted by atomic mass is 10.1. The lowest BCUT2D eigenvalue weighted by molar-refractivity contribution is 0.0700. The van der Waals surface area contributed by atoms with Gasteiger partial charge in [-0.05, 0) is 36.8 Å². The van der Waals surface area contributed by atoms with Crippen molar-refractivity contribution in [2.45, 2.75) is 13.3 Å². The van der Waals surface area contributed by atoms with Crippen LogP contribution in [0.4, 0.5) is 0 Å². The van der Waals surface area contributed by atoms with Crippen molar-refractivity contribution in [3.05, 3.63) is 71.9 Å². The molecule has 0 bridgehead atoms. The molecule has 0 aliphatic carbocycles. The highest BCUT2D eigenvalue weighted by Gasteiger charge is 2.22. The van der Waals surface area contributed by atoms with Gasteiger partial charge in [0.15, 0.2) is 6.61 Å². The van der Waals surface area contributed by atoms with E-state index in [-0.39, 0.29) is 12.2 Å². The zero-order valence-corrected chi connectivity index (χ0v) is 17.6. The van der Waals surface area contributed by atoms with Gasteiger partial charge in [-0.1, -0.05) is 18.2 Å². The maximum atomic E-state index is 12.1. The summed E-state index contributed by atoms with van der Waals surface area (Å²) in [6, 6.07) is 18.5. The first-order valence-electron chi connectivity index (χ1n) is 10.3. The highest BCUT2D eigenvalue weighted by atomic mass is 16.5. The van der Waals surface area contributed by atoms with Crippen LogP contribution < -0.4 is 14.2 Å². The number of fused-ring (bicyclic) bond motifs is 3. The summed E-state index contributed by atoms with van der Waals surface area (Å²) in [7, 11) is 0. The Morgan fingerprint density at radius 1 is 1.03 bits per heavy atom. The van der Waals surface area contributed by atoms with Gasteiger partial charge in [-0.15, -0.1) is 0 Å². The van der Waals surface area contributed by atoms with E-state index < -0.39 is 5.97 Å². The Kier molecular flexibility index (Phi) is 6.13. The number of aromatic carboxylic acids is 1. The quantitative estimate of drug-likeness (QED) is 0.413. The Balaban J connectivity index is 1.72. The van der Waals surface area contributed by atoms with Crippen LogP contribution in [0, 0.1) is 11.3 Å². The van der Waals surface area contributed by atoms with Crippen LogP contribution in [-0.4, -0.2) is 35.3 Å². The van der Waals surface area contributed by atoms with Crippen molar-refractivity contribution >= 4 is 22.4 Å². The van der Waals surface area contributed by atoms with Gasteiger partial charge in [-0.25, -0.2) is 4.79 Å². The van der Waals surface area contributed by atoms with Gasteiger partial charge in [0.1, 0.15) is 23.3 Å². The number of carboxylic acid groups (broad SMARTS) is 1. The number of benzene rings is 2. The van der Waals surface area contributed by atoms with E-state index in [1.807, 2.05) is 43.3 Å². The van der Waals surface area contributed by atoms with Crippen molar-refractivity contribution < 1.29 is 24.1 Å². The normalized spacial score (nSPS) is 10.8. The second-order valence-corrected chi connectivity index (χ2v) is 7.08. The summed E-state index contributed by atoms with van der Waals surface area (Å²) in [4.78, 5) is 12.1. The molecule has 162 valence electrons. The summed E-state index contributed by atoms with van der Waals surface area (Å²) >= 11 is 0. The van der Waals surface area contributed by atoms with Gasteiger partial charge in [0.25, 0.3) is 0 Å². The van der Waals surface area contributed by atoms with Crippen molar-refractivity contribution in [2.24, 2.45) is 0 Å². The largest absolute Gasteiger partial charge is 0.494 e. The summed E-state index contributed by atoms with van der Waals surface area (Å²) in [6.45, 7) is 2.74. The lowest BCUT2D eigenvalue weighted by Crippen LogP contribution is -2.04. The molecule has 2 aromatic carbocycles. The minimum atomic E-state index is -1.04. The van der Waals surface area contributed by atoms with E-state index in [1.165, 1.54) is 0 Å². The second-order valence-electron chi connectivity index (χ2n) is 7.08. The maximum absolute atomic E-state index is 12.1. The van der Waals surface area contributed by atoms with Crippen LogP contribution in [0.2, 0.25) is 0 Å². The van der Waals surface area contributed by atoms with E-state index in [4.69, 9.17) is 19.5 Å². The van der Waals surface area contributed by atoms with Gasteiger partial charge in [-0.3, -0.25) is 0 Å². The van der Waals surface area contributed by atoms with E-state index >= 15 is 0 Å². The molecular formula is C25H22N2O5. The van der Waals surface area contributed by atoms with Gasteiger partial charge in [0.05, 0.1) is 35.2 Å². The van der Waals surface area contributed by atoms with Crippen molar-refractivity contribution in [1.82, 2.24) is 4.40 Å². The van der Waals surface area contributed by atoms with Crippen LogP contribution in [0.3, 0.4) is 0 Å². The van der Waals surface area contributed by atoms with Gasteiger partial charge in [0.2, 0.25) is 0 Å². The molecule has 0 aliphatic heterocycles. The third-order valence-corrected chi connectivity index (χ3v) is 5.06. The van der Waals surface area contributed by atoms with Gasteiger partial charge in [-0.2, -0.15) is 5.26 Å². The maximum Gasteiger partial charge on any atom is 0.338 e. The monoisotopic (exact) mass is 430 g/mol. The molecule has 0 aliphatic rings. The number of ether oxygens (including phenoxy) is 3. The number of carbonyl (C=O) groups is 1. The number of nitriles is 1. The molecule has 2 aromatic heterocycles. The number of aromatic nitrogens is 1. The topological polar surface area (TPSA) is 93.2 Å². The number of carboxylic acids is 1. The lowest BCUT2D eigenvalue weighted by Gasteiger charge is -2.12. The fraction of sp³-hybridized carbons (Fsp3) is 0.200. The minimum absolute atomic E-state index is 0.121. The van der Waals surface area contributed by atoms with Crippen LogP contribution in [0.15, 0.2) is 60.8 Å². The van der Waals surface area contributed by atoms with Gasteiger partial charge < -0.3 is 23.7 Å². The molecule has 0 amide bonds. The Hall–Kier alpha value is -4.18. The van der Waals surface area contributed by atoms with Crippen molar-refractivity contribution in [1.29, 1.82) is 5.26 Å². The highest BCUT2D eigenvalue weighted by molar-refractivity contribution is 6.13. The van der Waals surface area contributed by atoms with Crippen molar-refractivity contribution in [3.8, 4) is 23.3 Å². The smallest absolute Gasteiger partial charge is 0.338 e. The van der Waals surface area contributed by atoms with Crippen LogP contribution in [0.25, 0.3) is 16.4 Å². The molecule has 4 rings (SSSR count). The van der Waals surface area contributed by atoms with Gasteiger partial charge in [0, 0.05) is 24.8 Å². The summed E-state index contributed by atoms with van der Waals surface area (Å²) in [5.41, 5.74) is 2.41. The summed E-state index contributed by atoms with van der Waals surface area (Å²) in [5.74, 6) is 0.597. The molecule has 0 atom stereocenters. The average Bonchev–Trinajstić information content (AvgIpc) is 3.13. The molecule has 0 saturated carbocycles. The Morgan fingerprint density at radius 3 is 2.69 bits per heavy atom. The molecule has 0 saturated heterocycles. The third kappa shape index (κ3) is 4.16. The zero-order chi connectivity index (χ0) is 22.5. The number of nitrogens with zero attached hydrogens (tertiary/aromatic N) is 2. The molecule has 32 heavy (non-hydrogen) atoms. The molecule has 4 aromatic rings. The molecule has 0 radical (unpaired) electrons. The molecule has 0 fully saturated rings. The van der Waals surface area contributed by atoms with E-state index in [0.717, 1.165) is 11.3 Å². The molecule has 1 N–H and O–H groups in total. The van der Waals surface area contributed by atoms with E-state index in [9.17, 15) is 9.90 Å². The summed E-state index contributed by atoms with van der Waals surface area (Å²) < 4.78 is 18.9. The van der Waals surface area contributed by atoms with Crippen LogP contribution in [0.1, 0.15) is 22.8 Å². The van der Waals surface area contributed by atoms with Crippen molar-refractivity contribution in [2.75, 3.05) is 19.8 Å². The first-order chi connectivity index (χ1) is 15.6. The molecular weight excluding hydrogens is 408 g/mol. The number of hydrogen-bond donors (Lipinski definition) is 1. The fourth-order valence-electron chi connectivity index (χ4n) is 3.77. The Labute approximate surface area is 185 Å². The standard InChI is InChI=1S/C25H22N2O5/c1-2-30-18-7-5-6-17(14-18)9-12-32-22-16-19(31-13-10-26)15-21-23(22)24(25(28)29)20-8-3-4-11-27(20)21/h3-8,11,14-16H,2,9,12-13H2,1H3,(H,28,29). The summed E-state index contributed by atoms with van der Waals surface area (Å²) in [5, 5.41) is 19.3. The minimum Gasteiger partial charge on any atom is -0.494 e. The van der Waals surface area contributed by atoms with E-state index in [1.54, 1.807) is 34.9 Å². The number of rotatable bonds is 9. The Morgan fingerprint density at radius 2 is 1.91 bits per heavy atom. The number of pyridine rings is 1. The second kappa shape index (κ2) is 9.31. The predicted octanol–water partition coefficient (Wildman–Crippen LogP) is 4.71. The SMILES string of the molecule is CCOc1cccc(CCOc2cc(OCC#N)cc3c2c(C(=O)O)c2ccccn23)c1. The molecule has 7 nitrogen and oxygen atoms in total. The average molecular weight is 430 g/mol. The number of hydrogen-bond acceptors (Lipinski definition) is 5. The highest BCUT2D eigenvalue weighted by Crippen LogP contribution is 2.37. The predicted molar refractivity (Wildman–Crippen MR) is 120 cm³/mol. The first kappa shape index (κ1) is 21.1. The van der Waals surface area contributed by atoms with E-state index in [2.05, 4.69) is 0 Å². The molecule has 2 heterocycles. The van der Waals surface area contributed by atoms with Gasteiger partial charge >= 0.3 is 5.97 Å². The molecule has 0 unspecified atom stereocenters. The van der Waals surface area contributed by atoms with Crippen LogP contribution >= 0.6 is 0 Å².